The van der Waals surface area contributed by atoms with Gasteiger partial charge in [0, 0.05) is 15.3 Å². The summed E-state index contributed by atoms with van der Waals surface area (Å²) < 4.78 is 12.9. The van der Waals surface area contributed by atoms with Crippen molar-refractivity contribution < 1.29 is 14.3 Å². The summed E-state index contributed by atoms with van der Waals surface area (Å²) in [4.78, 5) is 12.0. The highest BCUT2D eigenvalue weighted by Gasteiger charge is 2.12. The van der Waals surface area contributed by atoms with Crippen molar-refractivity contribution in [3.05, 3.63) is 27.7 Å². The van der Waals surface area contributed by atoms with Gasteiger partial charge in [-0.1, -0.05) is 0 Å². The quantitative estimate of drug-likeness (QED) is 0.745. The van der Waals surface area contributed by atoms with Crippen molar-refractivity contribution >= 4 is 22.9 Å². The van der Waals surface area contributed by atoms with Crippen LogP contribution in [0.5, 0.6) is 0 Å². The molecule has 0 bridgehead atoms. The molecule has 0 spiro atoms. The molecular formula is C9H9FO2S. The molecule has 4 heteroatoms. The fourth-order valence-electron chi connectivity index (χ4n) is 0.905. The van der Waals surface area contributed by atoms with Crippen LogP contribution in [-0.4, -0.2) is 11.1 Å². The van der Waals surface area contributed by atoms with E-state index in [1.807, 2.05) is 13.0 Å². The lowest BCUT2D eigenvalue weighted by atomic mass is 10.2. The van der Waals surface area contributed by atoms with Crippen LogP contribution in [-0.2, 0) is 4.79 Å². The zero-order valence-corrected chi connectivity index (χ0v) is 8.11. The van der Waals surface area contributed by atoms with Gasteiger partial charge in [-0.3, -0.25) is 0 Å². The topological polar surface area (TPSA) is 37.3 Å². The van der Waals surface area contributed by atoms with Crippen molar-refractivity contribution in [2.75, 3.05) is 0 Å². The average molecular weight is 200 g/mol. The van der Waals surface area contributed by atoms with Gasteiger partial charge in [0.05, 0.1) is 0 Å². The number of halogens is 1. The second-order valence-corrected chi connectivity index (χ2v) is 3.94. The van der Waals surface area contributed by atoms with E-state index in [9.17, 15) is 9.18 Å². The summed E-state index contributed by atoms with van der Waals surface area (Å²) in [5.74, 6) is -2.59. The van der Waals surface area contributed by atoms with Crippen LogP contribution < -0.4 is 0 Å². The summed E-state index contributed by atoms with van der Waals surface area (Å²) in [6, 6.07) is 3.55. The SMILES string of the molecule is CC(=C(F)C(=O)O)c1ccc(C)s1. The molecular weight excluding hydrogens is 191 g/mol. The smallest absolute Gasteiger partial charge is 0.365 e. The minimum atomic E-state index is -1.51. The molecule has 0 amide bonds. The molecule has 0 unspecified atom stereocenters. The van der Waals surface area contributed by atoms with Gasteiger partial charge in [-0.15, -0.1) is 11.3 Å². The number of carbonyl (C=O) groups is 1. The fraction of sp³-hybridized carbons (Fsp3) is 0.222. The molecule has 0 aromatic carbocycles. The Morgan fingerprint density at radius 3 is 2.54 bits per heavy atom. The number of carboxylic acid groups (broad SMARTS) is 1. The van der Waals surface area contributed by atoms with Gasteiger partial charge in [-0.25, -0.2) is 4.79 Å². The van der Waals surface area contributed by atoms with Crippen LogP contribution in [0.25, 0.3) is 5.57 Å². The molecule has 0 aliphatic heterocycles. The fourth-order valence-corrected chi connectivity index (χ4v) is 1.77. The Balaban J connectivity index is 3.09. The highest BCUT2D eigenvalue weighted by atomic mass is 32.1. The van der Waals surface area contributed by atoms with E-state index in [1.165, 1.54) is 18.3 Å². The number of aryl methyl sites for hydroxylation is 1. The van der Waals surface area contributed by atoms with E-state index in [4.69, 9.17) is 5.11 Å². The van der Waals surface area contributed by atoms with Crippen LogP contribution in [0.4, 0.5) is 4.39 Å². The van der Waals surface area contributed by atoms with E-state index in [1.54, 1.807) is 6.07 Å². The van der Waals surface area contributed by atoms with E-state index in [0.29, 0.717) is 4.88 Å². The predicted octanol–water partition coefficient (Wildman–Crippen LogP) is 2.84. The van der Waals surface area contributed by atoms with Gasteiger partial charge in [0.2, 0.25) is 5.83 Å². The number of rotatable bonds is 2. The Morgan fingerprint density at radius 1 is 1.54 bits per heavy atom. The summed E-state index contributed by atoms with van der Waals surface area (Å²) in [5.41, 5.74) is 0.186. The van der Waals surface area contributed by atoms with Crippen molar-refractivity contribution in [1.29, 1.82) is 0 Å². The van der Waals surface area contributed by atoms with E-state index in [-0.39, 0.29) is 5.57 Å². The summed E-state index contributed by atoms with van der Waals surface area (Å²) in [6.45, 7) is 3.36. The first kappa shape index (κ1) is 9.92. The molecule has 0 aliphatic rings. The lowest BCUT2D eigenvalue weighted by molar-refractivity contribution is -0.134. The molecule has 1 heterocycles. The minimum absolute atomic E-state index is 0.186. The minimum Gasteiger partial charge on any atom is -0.476 e. The summed E-state index contributed by atoms with van der Waals surface area (Å²) in [5, 5.41) is 8.39. The molecule has 0 radical (unpaired) electrons. The number of thiophene rings is 1. The van der Waals surface area contributed by atoms with E-state index < -0.39 is 11.8 Å². The van der Waals surface area contributed by atoms with Crippen molar-refractivity contribution in [2.45, 2.75) is 13.8 Å². The maximum Gasteiger partial charge on any atom is 0.365 e. The molecule has 2 nitrogen and oxygen atoms in total. The number of aliphatic carboxylic acids is 1. The monoisotopic (exact) mass is 200 g/mol. The average Bonchev–Trinajstić information content (AvgIpc) is 2.49. The first-order chi connectivity index (χ1) is 6.02. The van der Waals surface area contributed by atoms with Gasteiger partial charge < -0.3 is 5.11 Å². The molecule has 0 saturated carbocycles. The van der Waals surface area contributed by atoms with Gasteiger partial charge in [-0.2, -0.15) is 4.39 Å². The molecule has 70 valence electrons. The highest BCUT2D eigenvalue weighted by molar-refractivity contribution is 7.13. The molecule has 0 fully saturated rings. The molecule has 0 aliphatic carbocycles. The van der Waals surface area contributed by atoms with Crippen molar-refractivity contribution in [1.82, 2.24) is 0 Å². The van der Waals surface area contributed by atoms with Crippen molar-refractivity contribution in [2.24, 2.45) is 0 Å². The highest BCUT2D eigenvalue weighted by Crippen LogP contribution is 2.26. The maximum atomic E-state index is 12.9. The molecule has 13 heavy (non-hydrogen) atoms. The predicted molar refractivity (Wildman–Crippen MR) is 50.4 cm³/mol. The van der Waals surface area contributed by atoms with E-state index in [0.717, 1.165) is 4.88 Å². The van der Waals surface area contributed by atoms with E-state index >= 15 is 0 Å². The first-order valence-corrected chi connectivity index (χ1v) is 4.50. The maximum absolute atomic E-state index is 12.9. The molecule has 0 atom stereocenters. The molecule has 1 N–H and O–H groups in total. The van der Waals surface area contributed by atoms with Crippen molar-refractivity contribution in [3.63, 3.8) is 0 Å². The second-order valence-electron chi connectivity index (χ2n) is 2.65. The summed E-state index contributed by atoms with van der Waals surface area (Å²) >= 11 is 1.38. The van der Waals surface area contributed by atoms with E-state index in [2.05, 4.69) is 0 Å². The first-order valence-electron chi connectivity index (χ1n) is 3.69. The van der Waals surface area contributed by atoms with Gasteiger partial charge in [0.25, 0.3) is 0 Å². The third-order valence-corrected chi connectivity index (χ3v) is 2.75. The van der Waals surface area contributed by atoms with Crippen LogP contribution in [0.15, 0.2) is 18.0 Å². The number of allylic oxidation sites excluding steroid dienone is 1. The van der Waals surface area contributed by atoms with Gasteiger partial charge in [-0.05, 0) is 26.0 Å². The van der Waals surface area contributed by atoms with Crippen LogP contribution in [0.1, 0.15) is 16.7 Å². The third-order valence-electron chi connectivity index (χ3n) is 1.63. The van der Waals surface area contributed by atoms with Gasteiger partial charge >= 0.3 is 5.97 Å². The van der Waals surface area contributed by atoms with Gasteiger partial charge in [0.1, 0.15) is 0 Å². The summed E-state index contributed by atoms with van der Waals surface area (Å²) in [7, 11) is 0. The Kier molecular flexibility index (Phi) is 2.83. The molecule has 1 rings (SSSR count). The lowest BCUT2D eigenvalue weighted by Crippen LogP contribution is -1.96. The number of hydrogen-bond acceptors (Lipinski definition) is 2. The largest absolute Gasteiger partial charge is 0.476 e. The molecule has 1 aromatic rings. The van der Waals surface area contributed by atoms with Crippen LogP contribution in [0, 0.1) is 6.92 Å². The lowest BCUT2D eigenvalue weighted by Gasteiger charge is -1.96. The Hall–Kier alpha value is -1.16. The normalized spacial score (nSPS) is 12.5. The molecule has 1 aromatic heterocycles. The second kappa shape index (κ2) is 3.70. The third kappa shape index (κ3) is 2.15. The van der Waals surface area contributed by atoms with Crippen LogP contribution in [0.3, 0.4) is 0 Å². The number of hydrogen-bond donors (Lipinski definition) is 1. The zero-order chi connectivity index (χ0) is 10.0. The Morgan fingerprint density at radius 2 is 2.15 bits per heavy atom. The van der Waals surface area contributed by atoms with Crippen molar-refractivity contribution in [3.8, 4) is 0 Å². The Bertz CT molecular complexity index is 365. The molecule has 0 saturated heterocycles. The zero-order valence-electron chi connectivity index (χ0n) is 7.30. The van der Waals surface area contributed by atoms with Crippen LogP contribution in [0.2, 0.25) is 0 Å². The Labute approximate surface area is 79.3 Å². The van der Waals surface area contributed by atoms with Crippen LogP contribution >= 0.6 is 11.3 Å². The van der Waals surface area contributed by atoms with Gasteiger partial charge in [0.15, 0.2) is 0 Å². The number of carboxylic acids is 1. The summed E-state index contributed by atoms with van der Waals surface area (Å²) in [6.07, 6.45) is 0. The standard InChI is InChI=1S/C9H9FO2S/c1-5-3-4-7(13-5)6(2)8(10)9(11)12/h3-4H,1-2H3,(H,11,12).